The van der Waals surface area contributed by atoms with E-state index < -0.39 is 0 Å². The third kappa shape index (κ3) is 3.44. The van der Waals surface area contributed by atoms with Gasteiger partial charge in [0.15, 0.2) is 0 Å². The van der Waals surface area contributed by atoms with Crippen molar-refractivity contribution < 1.29 is 4.74 Å². The SMILES string of the molecule is C1CSCN(CCC2CCOCC2)C1. The van der Waals surface area contributed by atoms with Gasteiger partial charge in [0, 0.05) is 19.1 Å². The Bertz CT molecular complexity index is 135. The molecule has 0 radical (unpaired) electrons. The summed E-state index contributed by atoms with van der Waals surface area (Å²) in [6.45, 7) is 4.65. The highest BCUT2D eigenvalue weighted by molar-refractivity contribution is 7.99. The summed E-state index contributed by atoms with van der Waals surface area (Å²) < 4.78 is 5.37. The van der Waals surface area contributed by atoms with E-state index in [4.69, 9.17) is 4.74 Å². The number of rotatable bonds is 3. The summed E-state index contributed by atoms with van der Waals surface area (Å²) >= 11 is 2.09. The molecule has 2 nitrogen and oxygen atoms in total. The molecule has 3 heteroatoms. The van der Waals surface area contributed by atoms with Gasteiger partial charge in [-0.15, -0.1) is 11.8 Å². The van der Waals surface area contributed by atoms with Crippen LogP contribution >= 0.6 is 11.8 Å². The predicted octanol–water partition coefficient (Wildman–Crippen LogP) is 2.20. The first-order valence-electron chi connectivity index (χ1n) is 5.83. The van der Waals surface area contributed by atoms with E-state index in [9.17, 15) is 0 Å². The zero-order chi connectivity index (χ0) is 9.64. The second kappa shape index (κ2) is 5.99. The first-order chi connectivity index (χ1) is 6.95. The molecule has 2 heterocycles. The summed E-state index contributed by atoms with van der Waals surface area (Å²) in [6.07, 6.45) is 5.37. The van der Waals surface area contributed by atoms with Crippen molar-refractivity contribution in [2.45, 2.75) is 25.7 Å². The molecule has 0 unspecified atom stereocenters. The minimum absolute atomic E-state index is 0.940. The Morgan fingerprint density at radius 1 is 1.29 bits per heavy atom. The smallest absolute Gasteiger partial charge is 0.0468 e. The molecular formula is C11H21NOS. The fraction of sp³-hybridized carbons (Fsp3) is 1.00. The molecule has 0 aromatic rings. The van der Waals surface area contributed by atoms with Crippen LogP contribution in [0.3, 0.4) is 0 Å². The van der Waals surface area contributed by atoms with Gasteiger partial charge in [0.1, 0.15) is 0 Å². The van der Waals surface area contributed by atoms with Gasteiger partial charge in [-0.1, -0.05) is 0 Å². The van der Waals surface area contributed by atoms with Crippen LogP contribution in [0.2, 0.25) is 0 Å². The van der Waals surface area contributed by atoms with Crippen LogP contribution in [0.1, 0.15) is 25.7 Å². The Morgan fingerprint density at radius 2 is 2.14 bits per heavy atom. The fourth-order valence-corrected chi connectivity index (χ4v) is 3.20. The van der Waals surface area contributed by atoms with Gasteiger partial charge in [-0.25, -0.2) is 0 Å². The lowest BCUT2D eigenvalue weighted by atomic mass is 9.96. The Kier molecular flexibility index (Phi) is 4.61. The maximum atomic E-state index is 5.37. The molecule has 2 saturated heterocycles. The highest BCUT2D eigenvalue weighted by Gasteiger charge is 2.16. The van der Waals surface area contributed by atoms with E-state index in [1.807, 2.05) is 0 Å². The van der Waals surface area contributed by atoms with E-state index >= 15 is 0 Å². The van der Waals surface area contributed by atoms with Crippen molar-refractivity contribution in [1.82, 2.24) is 4.90 Å². The van der Waals surface area contributed by atoms with Crippen LogP contribution in [0, 0.1) is 5.92 Å². The van der Waals surface area contributed by atoms with Crippen LogP contribution in [0.25, 0.3) is 0 Å². The molecule has 14 heavy (non-hydrogen) atoms. The molecule has 0 aliphatic carbocycles. The average Bonchev–Trinajstić information content (AvgIpc) is 2.29. The highest BCUT2D eigenvalue weighted by Crippen LogP contribution is 2.20. The quantitative estimate of drug-likeness (QED) is 0.716. The monoisotopic (exact) mass is 215 g/mol. The van der Waals surface area contributed by atoms with Crippen molar-refractivity contribution in [3.63, 3.8) is 0 Å². The Balaban J connectivity index is 1.60. The number of nitrogens with zero attached hydrogens (tertiary/aromatic N) is 1. The Labute approximate surface area is 91.4 Å². The topological polar surface area (TPSA) is 12.5 Å². The molecule has 0 aromatic carbocycles. The Morgan fingerprint density at radius 3 is 2.86 bits per heavy atom. The molecule has 0 atom stereocenters. The summed E-state index contributed by atoms with van der Waals surface area (Å²) in [5.41, 5.74) is 0. The predicted molar refractivity (Wildman–Crippen MR) is 61.7 cm³/mol. The Hall–Kier alpha value is 0.270. The first kappa shape index (κ1) is 10.8. The molecule has 0 N–H and O–H groups in total. The largest absolute Gasteiger partial charge is 0.381 e. The first-order valence-corrected chi connectivity index (χ1v) is 6.98. The van der Waals surface area contributed by atoms with Crippen molar-refractivity contribution in [1.29, 1.82) is 0 Å². The minimum Gasteiger partial charge on any atom is -0.381 e. The summed E-state index contributed by atoms with van der Waals surface area (Å²) in [7, 11) is 0. The minimum atomic E-state index is 0.940. The third-order valence-electron chi connectivity index (χ3n) is 3.23. The molecular weight excluding hydrogens is 194 g/mol. The van der Waals surface area contributed by atoms with Gasteiger partial charge in [0.25, 0.3) is 0 Å². The maximum absolute atomic E-state index is 5.37. The van der Waals surface area contributed by atoms with Crippen molar-refractivity contribution in [2.75, 3.05) is 37.9 Å². The highest BCUT2D eigenvalue weighted by atomic mass is 32.2. The molecule has 0 spiro atoms. The normalized spacial score (nSPS) is 26.6. The van der Waals surface area contributed by atoms with Crippen LogP contribution in [0.5, 0.6) is 0 Å². The molecule has 82 valence electrons. The van der Waals surface area contributed by atoms with E-state index in [2.05, 4.69) is 16.7 Å². The standard InChI is InChI=1S/C11H21NOS/c1-5-12(10-14-9-1)6-2-11-3-7-13-8-4-11/h11H,1-10H2. The molecule has 0 aromatic heterocycles. The van der Waals surface area contributed by atoms with Gasteiger partial charge in [-0.2, -0.15) is 0 Å². The van der Waals surface area contributed by atoms with Crippen LogP contribution in [-0.2, 0) is 4.74 Å². The summed E-state index contributed by atoms with van der Waals surface area (Å²) in [6, 6.07) is 0. The van der Waals surface area contributed by atoms with Gasteiger partial charge >= 0.3 is 0 Å². The van der Waals surface area contributed by atoms with Crippen molar-refractivity contribution >= 4 is 11.8 Å². The van der Waals surface area contributed by atoms with Crippen LogP contribution < -0.4 is 0 Å². The lowest BCUT2D eigenvalue weighted by Gasteiger charge is -2.29. The molecule has 2 aliphatic heterocycles. The zero-order valence-corrected chi connectivity index (χ0v) is 9.73. The van der Waals surface area contributed by atoms with E-state index in [0.29, 0.717) is 0 Å². The number of hydrogen-bond acceptors (Lipinski definition) is 3. The number of ether oxygens (including phenoxy) is 1. The van der Waals surface area contributed by atoms with E-state index in [1.54, 1.807) is 0 Å². The van der Waals surface area contributed by atoms with Crippen LogP contribution in [-0.4, -0.2) is 42.8 Å². The van der Waals surface area contributed by atoms with E-state index in [0.717, 1.165) is 19.1 Å². The zero-order valence-electron chi connectivity index (χ0n) is 8.91. The molecule has 0 saturated carbocycles. The van der Waals surface area contributed by atoms with E-state index in [1.165, 1.54) is 50.4 Å². The lowest BCUT2D eigenvalue weighted by Crippen LogP contribution is -2.31. The van der Waals surface area contributed by atoms with Gasteiger partial charge in [-0.3, -0.25) is 4.90 Å². The van der Waals surface area contributed by atoms with Crippen molar-refractivity contribution in [3.05, 3.63) is 0 Å². The van der Waals surface area contributed by atoms with Crippen molar-refractivity contribution in [3.8, 4) is 0 Å². The van der Waals surface area contributed by atoms with E-state index in [-0.39, 0.29) is 0 Å². The fourth-order valence-electron chi connectivity index (χ4n) is 2.22. The summed E-state index contributed by atoms with van der Waals surface area (Å²) in [4.78, 5) is 2.61. The summed E-state index contributed by atoms with van der Waals surface area (Å²) in [5.74, 6) is 3.58. The van der Waals surface area contributed by atoms with Crippen molar-refractivity contribution in [2.24, 2.45) is 5.92 Å². The molecule has 2 aliphatic rings. The second-order valence-electron chi connectivity index (χ2n) is 4.35. The molecule has 0 amide bonds. The van der Waals surface area contributed by atoms with Crippen LogP contribution in [0.15, 0.2) is 0 Å². The van der Waals surface area contributed by atoms with Gasteiger partial charge in [-0.05, 0) is 50.4 Å². The second-order valence-corrected chi connectivity index (χ2v) is 5.43. The maximum Gasteiger partial charge on any atom is 0.0468 e. The molecule has 0 bridgehead atoms. The van der Waals surface area contributed by atoms with Gasteiger partial charge in [0.2, 0.25) is 0 Å². The summed E-state index contributed by atoms with van der Waals surface area (Å²) in [5, 5.41) is 0. The number of hydrogen-bond donors (Lipinski definition) is 0. The molecule has 2 fully saturated rings. The van der Waals surface area contributed by atoms with Crippen LogP contribution in [0.4, 0.5) is 0 Å². The number of thioether (sulfide) groups is 1. The third-order valence-corrected chi connectivity index (χ3v) is 4.36. The molecule has 2 rings (SSSR count). The average molecular weight is 215 g/mol. The van der Waals surface area contributed by atoms with Gasteiger partial charge in [0.05, 0.1) is 0 Å². The van der Waals surface area contributed by atoms with Gasteiger partial charge < -0.3 is 4.74 Å². The lowest BCUT2D eigenvalue weighted by molar-refractivity contribution is 0.0607.